The van der Waals surface area contributed by atoms with Crippen molar-refractivity contribution in [1.82, 2.24) is 4.31 Å². The summed E-state index contributed by atoms with van der Waals surface area (Å²) in [4.78, 5) is 12.7. The fourth-order valence-corrected chi connectivity index (χ4v) is 4.66. The van der Waals surface area contributed by atoms with Crippen LogP contribution in [0.4, 0.5) is 11.4 Å². The highest BCUT2D eigenvalue weighted by Crippen LogP contribution is 2.23. The largest absolute Gasteiger partial charge is 0.369 e. The highest BCUT2D eigenvalue weighted by atomic mass is 32.2. The summed E-state index contributed by atoms with van der Waals surface area (Å²) in [6, 6.07) is 13.5. The number of nitro groups is 1. The number of non-ortho nitro benzene ring substituents is 1. The summed E-state index contributed by atoms with van der Waals surface area (Å²) in [6.07, 6.45) is 1.96. The summed E-state index contributed by atoms with van der Waals surface area (Å²) >= 11 is 0. The van der Waals surface area contributed by atoms with Crippen LogP contribution in [0.2, 0.25) is 0 Å². The van der Waals surface area contributed by atoms with E-state index in [1.54, 1.807) is 24.3 Å². The zero-order valence-corrected chi connectivity index (χ0v) is 16.1. The second-order valence-corrected chi connectivity index (χ2v) is 8.50. The van der Waals surface area contributed by atoms with Crippen LogP contribution in [-0.4, -0.2) is 43.8 Å². The summed E-state index contributed by atoms with van der Waals surface area (Å²) in [5, 5.41) is 10.8. The maximum atomic E-state index is 12.9. The summed E-state index contributed by atoms with van der Waals surface area (Å²) in [6.45, 7) is 3.96. The fraction of sp³-hybridized carbons (Fsp3) is 0.368. The van der Waals surface area contributed by atoms with Crippen molar-refractivity contribution in [2.24, 2.45) is 0 Å². The Morgan fingerprint density at radius 1 is 0.963 bits per heavy atom. The molecule has 1 heterocycles. The van der Waals surface area contributed by atoms with E-state index in [-0.39, 0.29) is 5.69 Å². The standard InChI is InChI=1S/C19H23N3O4S/c1-2-3-16-4-10-19(11-5-16)27(25,26)21-14-12-20(13-15-21)17-6-8-18(9-7-17)22(23)24/h4-11H,2-3,12-15H2,1H3. The molecule has 0 bridgehead atoms. The molecule has 0 N–H and O–H groups in total. The maximum absolute atomic E-state index is 12.9. The van der Waals surface area contributed by atoms with E-state index in [9.17, 15) is 18.5 Å². The average molecular weight is 389 g/mol. The van der Waals surface area contributed by atoms with Crippen LogP contribution < -0.4 is 4.90 Å². The molecule has 0 spiro atoms. The number of nitro benzene ring substituents is 1. The molecule has 0 aliphatic carbocycles. The Morgan fingerprint density at radius 3 is 2.07 bits per heavy atom. The molecule has 2 aromatic rings. The van der Waals surface area contributed by atoms with Crippen LogP contribution in [0.3, 0.4) is 0 Å². The molecule has 7 nitrogen and oxygen atoms in total. The molecule has 1 aliphatic rings. The normalized spacial score (nSPS) is 15.7. The lowest BCUT2D eigenvalue weighted by Gasteiger charge is -2.35. The first kappa shape index (κ1) is 19.3. The molecule has 0 radical (unpaired) electrons. The third-order valence-electron chi connectivity index (χ3n) is 4.76. The first-order chi connectivity index (χ1) is 12.9. The maximum Gasteiger partial charge on any atom is 0.269 e. The minimum absolute atomic E-state index is 0.0477. The monoisotopic (exact) mass is 389 g/mol. The van der Waals surface area contributed by atoms with Crippen LogP contribution in [0.25, 0.3) is 0 Å². The Kier molecular flexibility index (Phi) is 5.76. The Hall–Kier alpha value is -2.45. The van der Waals surface area contributed by atoms with Crippen molar-refractivity contribution >= 4 is 21.4 Å². The molecule has 1 saturated heterocycles. The second kappa shape index (κ2) is 8.06. The molecule has 0 aromatic heterocycles. The molecular weight excluding hydrogens is 366 g/mol. The highest BCUT2D eigenvalue weighted by molar-refractivity contribution is 7.89. The minimum atomic E-state index is -3.50. The van der Waals surface area contributed by atoms with Crippen LogP contribution >= 0.6 is 0 Å². The van der Waals surface area contributed by atoms with Crippen LogP contribution in [-0.2, 0) is 16.4 Å². The fourth-order valence-electron chi connectivity index (χ4n) is 3.24. The number of hydrogen-bond acceptors (Lipinski definition) is 5. The predicted molar refractivity (Wildman–Crippen MR) is 105 cm³/mol. The Morgan fingerprint density at radius 2 is 1.56 bits per heavy atom. The van der Waals surface area contributed by atoms with Gasteiger partial charge in [-0.05, 0) is 36.2 Å². The van der Waals surface area contributed by atoms with Crippen molar-refractivity contribution in [3.05, 3.63) is 64.2 Å². The van der Waals surface area contributed by atoms with Crippen LogP contribution in [0, 0.1) is 10.1 Å². The lowest BCUT2D eigenvalue weighted by atomic mass is 10.1. The summed E-state index contributed by atoms with van der Waals surface area (Å²) in [5.41, 5.74) is 2.05. The average Bonchev–Trinajstić information content (AvgIpc) is 2.69. The molecule has 27 heavy (non-hydrogen) atoms. The van der Waals surface area contributed by atoms with Gasteiger partial charge in [-0.15, -0.1) is 0 Å². The Labute approximate surface area is 159 Å². The van der Waals surface area contributed by atoms with Gasteiger partial charge in [-0.3, -0.25) is 10.1 Å². The number of rotatable bonds is 6. The van der Waals surface area contributed by atoms with Crippen LogP contribution in [0.15, 0.2) is 53.4 Å². The van der Waals surface area contributed by atoms with E-state index in [1.165, 1.54) is 16.4 Å². The van der Waals surface area contributed by atoms with Gasteiger partial charge in [-0.2, -0.15) is 4.31 Å². The number of piperazine rings is 1. The van der Waals surface area contributed by atoms with Gasteiger partial charge in [0.15, 0.2) is 0 Å². The van der Waals surface area contributed by atoms with Gasteiger partial charge in [0.1, 0.15) is 0 Å². The number of anilines is 1. The minimum Gasteiger partial charge on any atom is -0.369 e. The van der Waals surface area contributed by atoms with E-state index in [2.05, 4.69) is 6.92 Å². The zero-order chi connectivity index (χ0) is 19.4. The van der Waals surface area contributed by atoms with Gasteiger partial charge in [0.05, 0.1) is 9.82 Å². The molecule has 2 aromatic carbocycles. The van der Waals surface area contributed by atoms with E-state index in [4.69, 9.17) is 0 Å². The third-order valence-corrected chi connectivity index (χ3v) is 6.68. The van der Waals surface area contributed by atoms with E-state index < -0.39 is 14.9 Å². The number of hydrogen-bond donors (Lipinski definition) is 0. The van der Waals surface area contributed by atoms with Gasteiger partial charge in [0.2, 0.25) is 10.0 Å². The number of sulfonamides is 1. The lowest BCUT2D eigenvalue weighted by Crippen LogP contribution is -2.48. The van der Waals surface area contributed by atoms with Gasteiger partial charge in [0.25, 0.3) is 5.69 Å². The van der Waals surface area contributed by atoms with Gasteiger partial charge in [-0.25, -0.2) is 8.42 Å². The first-order valence-corrected chi connectivity index (χ1v) is 10.4. The van der Waals surface area contributed by atoms with Gasteiger partial charge in [-0.1, -0.05) is 25.5 Å². The van der Waals surface area contributed by atoms with Gasteiger partial charge < -0.3 is 4.90 Å². The molecule has 144 valence electrons. The number of aryl methyl sites for hydroxylation is 1. The number of nitrogens with zero attached hydrogens (tertiary/aromatic N) is 3. The molecule has 1 aliphatic heterocycles. The van der Waals surface area contributed by atoms with Gasteiger partial charge in [0, 0.05) is 44.0 Å². The Balaban J connectivity index is 1.66. The van der Waals surface area contributed by atoms with E-state index >= 15 is 0 Å². The van der Waals surface area contributed by atoms with Crippen molar-refractivity contribution in [3.63, 3.8) is 0 Å². The van der Waals surface area contributed by atoms with Crippen LogP contribution in [0.1, 0.15) is 18.9 Å². The highest BCUT2D eigenvalue weighted by Gasteiger charge is 2.28. The van der Waals surface area contributed by atoms with Crippen molar-refractivity contribution < 1.29 is 13.3 Å². The molecule has 1 fully saturated rings. The Bertz CT molecular complexity index is 888. The molecule has 3 rings (SSSR count). The molecule has 0 amide bonds. The smallest absolute Gasteiger partial charge is 0.269 e. The van der Waals surface area contributed by atoms with Crippen LogP contribution in [0.5, 0.6) is 0 Å². The molecule has 8 heteroatoms. The zero-order valence-electron chi connectivity index (χ0n) is 15.2. The van der Waals surface area contributed by atoms with Crippen molar-refractivity contribution in [2.75, 3.05) is 31.1 Å². The summed E-state index contributed by atoms with van der Waals surface area (Å²) in [5.74, 6) is 0. The first-order valence-electron chi connectivity index (χ1n) is 9.00. The molecular formula is C19H23N3O4S. The summed E-state index contributed by atoms with van der Waals surface area (Å²) in [7, 11) is -3.50. The third kappa shape index (κ3) is 4.28. The van der Waals surface area contributed by atoms with Crippen molar-refractivity contribution in [3.8, 4) is 0 Å². The molecule has 0 atom stereocenters. The van der Waals surface area contributed by atoms with Crippen molar-refractivity contribution in [2.45, 2.75) is 24.7 Å². The topological polar surface area (TPSA) is 83.8 Å². The quantitative estimate of drug-likeness (QED) is 0.560. The summed E-state index contributed by atoms with van der Waals surface area (Å²) < 4.78 is 27.2. The van der Waals surface area contributed by atoms with Gasteiger partial charge >= 0.3 is 0 Å². The lowest BCUT2D eigenvalue weighted by molar-refractivity contribution is -0.384. The SMILES string of the molecule is CCCc1ccc(S(=O)(=O)N2CCN(c3ccc([N+](=O)[O-])cc3)CC2)cc1. The second-order valence-electron chi connectivity index (χ2n) is 6.56. The van der Waals surface area contributed by atoms with E-state index in [0.717, 1.165) is 24.1 Å². The van der Waals surface area contributed by atoms with E-state index in [1.807, 2.05) is 17.0 Å². The van der Waals surface area contributed by atoms with Crippen molar-refractivity contribution in [1.29, 1.82) is 0 Å². The van der Waals surface area contributed by atoms with E-state index in [0.29, 0.717) is 31.1 Å². The molecule has 0 saturated carbocycles. The molecule has 0 unspecified atom stereocenters. The predicted octanol–water partition coefficient (Wildman–Crippen LogP) is 3.06. The number of benzene rings is 2.